The highest BCUT2D eigenvalue weighted by molar-refractivity contribution is 5.19. The van der Waals surface area contributed by atoms with Gasteiger partial charge < -0.3 is 5.32 Å². The van der Waals surface area contributed by atoms with Crippen LogP contribution in [0.4, 0.5) is 0 Å². The largest absolute Gasteiger partial charge is 0.307 e. The lowest BCUT2D eigenvalue weighted by molar-refractivity contribution is 0.381. The molecule has 0 aliphatic carbocycles. The first-order chi connectivity index (χ1) is 6.61. The van der Waals surface area contributed by atoms with Gasteiger partial charge in [-0.2, -0.15) is 0 Å². The fraction of sp³-hybridized carbons (Fsp3) is 0.538. The summed E-state index contributed by atoms with van der Waals surface area (Å²) in [6.45, 7) is 8.90. The summed E-state index contributed by atoms with van der Waals surface area (Å²) in [6, 6.07) is 11.7. The third kappa shape index (κ3) is 3.15. The van der Waals surface area contributed by atoms with E-state index in [1.54, 1.807) is 0 Å². The molecule has 0 radical (unpaired) electrons. The Morgan fingerprint density at radius 3 is 1.93 bits per heavy atom. The summed E-state index contributed by atoms with van der Waals surface area (Å²) in [4.78, 5) is 0. The zero-order chi connectivity index (χ0) is 10.6. The Bertz CT molecular complexity index is 251. The fourth-order valence-electron chi connectivity index (χ4n) is 1.69. The van der Waals surface area contributed by atoms with Gasteiger partial charge >= 0.3 is 0 Å². The van der Waals surface area contributed by atoms with Crippen molar-refractivity contribution in [2.24, 2.45) is 5.92 Å². The van der Waals surface area contributed by atoms with E-state index in [9.17, 15) is 0 Å². The lowest BCUT2D eigenvalue weighted by atomic mass is 9.95. The topological polar surface area (TPSA) is 12.0 Å². The van der Waals surface area contributed by atoms with Crippen LogP contribution in [0.5, 0.6) is 0 Å². The molecule has 1 atom stereocenters. The van der Waals surface area contributed by atoms with E-state index < -0.39 is 0 Å². The summed E-state index contributed by atoms with van der Waals surface area (Å²) in [5.74, 6) is 0.625. The van der Waals surface area contributed by atoms with E-state index in [2.05, 4.69) is 63.3 Å². The third-order valence-electron chi connectivity index (χ3n) is 2.34. The number of benzene rings is 1. The van der Waals surface area contributed by atoms with Crippen molar-refractivity contribution in [2.75, 3.05) is 0 Å². The second-order valence-corrected chi connectivity index (χ2v) is 4.45. The van der Waals surface area contributed by atoms with Crippen LogP contribution < -0.4 is 5.32 Å². The number of nitrogens with one attached hydrogen (secondary N) is 1. The quantitative estimate of drug-likeness (QED) is 0.769. The van der Waals surface area contributed by atoms with Gasteiger partial charge in [0, 0.05) is 12.1 Å². The molecule has 0 spiro atoms. The van der Waals surface area contributed by atoms with Gasteiger partial charge in [-0.25, -0.2) is 0 Å². The predicted octanol–water partition coefficient (Wildman–Crippen LogP) is 3.38. The smallest absolute Gasteiger partial charge is 0.0345 e. The molecule has 1 aromatic carbocycles. The summed E-state index contributed by atoms with van der Waals surface area (Å²) < 4.78 is 0. The highest BCUT2D eigenvalue weighted by atomic mass is 14.9. The molecule has 0 saturated heterocycles. The summed E-state index contributed by atoms with van der Waals surface area (Å²) in [5.41, 5.74) is 1.39. The van der Waals surface area contributed by atoms with Gasteiger partial charge in [0.25, 0.3) is 0 Å². The molecule has 1 aromatic rings. The molecule has 0 fully saturated rings. The lowest BCUT2D eigenvalue weighted by Crippen LogP contribution is -2.31. The highest BCUT2D eigenvalue weighted by Crippen LogP contribution is 2.21. The monoisotopic (exact) mass is 191 g/mol. The second kappa shape index (κ2) is 5.16. The summed E-state index contributed by atoms with van der Waals surface area (Å²) in [5, 5.41) is 3.60. The molecular weight excluding hydrogens is 170 g/mol. The maximum absolute atomic E-state index is 3.60. The highest BCUT2D eigenvalue weighted by Gasteiger charge is 2.15. The molecular formula is C13H21N. The van der Waals surface area contributed by atoms with Crippen LogP contribution in [-0.4, -0.2) is 6.04 Å². The summed E-state index contributed by atoms with van der Waals surface area (Å²) >= 11 is 0. The van der Waals surface area contributed by atoms with Crippen molar-refractivity contribution in [1.29, 1.82) is 0 Å². The molecule has 0 saturated carbocycles. The van der Waals surface area contributed by atoms with Gasteiger partial charge in [-0.15, -0.1) is 0 Å². The van der Waals surface area contributed by atoms with E-state index in [-0.39, 0.29) is 0 Å². The van der Waals surface area contributed by atoms with Crippen molar-refractivity contribution >= 4 is 0 Å². The standard InChI is InChI=1S/C13H21N/c1-10(2)13(14-11(3)4)12-8-6-5-7-9-12/h5-11,13-14H,1-4H3/t13-/m1/s1. The van der Waals surface area contributed by atoms with Gasteiger partial charge in [0.05, 0.1) is 0 Å². The second-order valence-electron chi connectivity index (χ2n) is 4.45. The average Bonchev–Trinajstić information content (AvgIpc) is 2.15. The minimum Gasteiger partial charge on any atom is -0.307 e. The molecule has 0 unspecified atom stereocenters. The van der Waals surface area contributed by atoms with Crippen molar-refractivity contribution < 1.29 is 0 Å². The SMILES string of the molecule is CC(C)N[C@@H](c1ccccc1)C(C)C. The summed E-state index contributed by atoms with van der Waals surface area (Å²) in [6.07, 6.45) is 0. The first kappa shape index (κ1) is 11.3. The molecule has 1 nitrogen and oxygen atoms in total. The van der Waals surface area contributed by atoms with Crippen molar-refractivity contribution in [2.45, 2.75) is 39.8 Å². The van der Waals surface area contributed by atoms with Crippen molar-refractivity contribution in [3.8, 4) is 0 Å². The van der Waals surface area contributed by atoms with Crippen LogP contribution in [-0.2, 0) is 0 Å². The normalized spacial score (nSPS) is 13.6. The zero-order valence-corrected chi connectivity index (χ0v) is 9.62. The van der Waals surface area contributed by atoms with E-state index in [0.717, 1.165) is 0 Å². The van der Waals surface area contributed by atoms with Crippen LogP contribution >= 0.6 is 0 Å². The lowest BCUT2D eigenvalue weighted by Gasteiger charge is -2.25. The Kier molecular flexibility index (Phi) is 4.15. The van der Waals surface area contributed by atoms with Gasteiger partial charge in [0.1, 0.15) is 0 Å². The van der Waals surface area contributed by atoms with Crippen molar-refractivity contribution in [3.63, 3.8) is 0 Å². The van der Waals surface area contributed by atoms with E-state index in [1.165, 1.54) is 5.56 Å². The maximum Gasteiger partial charge on any atom is 0.0345 e. The average molecular weight is 191 g/mol. The molecule has 0 heterocycles. The first-order valence-corrected chi connectivity index (χ1v) is 5.42. The number of hydrogen-bond donors (Lipinski definition) is 1. The van der Waals surface area contributed by atoms with Crippen LogP contribution in [0, 0.1) is 5.92 Å². The van der Waals surface area contributed by atoms with Gasteiger partial charge in [0.15, 0.2) is 0 Å². The Balaban J connectivity index is 2.78. The number of rotatable bonds is 4. The zero-order valence-electron chi connectivity index (χ0n) is 9.62. The Morgan fingerprint density at radius 2 is 1.50 bits per heavy atom. The molecule has 0 amide bonds. The first-order valence-electron chi connectivity index (χ1n) is 5.42. The molecule has 0 aliphatic rings. The van der Waals surface area contributed by atoms with Crippen LogP contribution in [0.3, 0.4) is 0 Å². The molecule has 78 valence electrons. The molecule has 0 aliphatic heterocycles. The predicted molar refractivity (Wildman–Crippen MR) is 62.3 cm³/mol. The van der Waals surface area contributed by atoms with Crippen molar-refractivity contribution in [1.82, 2.24) is 5.32 Å². The molecule has 0 bridgehead atoms. The van der Waals surface area contributed by atoms with Gasteiger partial charge in [-0.3, -0.25) is 0 Å². The molecule has 1 rings (SSSR count). The van der Waals surface area contributed by atoms with Gasteiger partial charge in [-0.1, -0.05) is 58.0 Å². The van der Waals surface area contributed by atoms with Gasteiger partial charge in [0.2, 0.25) is 0 Å². The van der Waals surface area contributed by atoms with Crippen LogP contribution in [0.15, 0.2) is 30.3 Å². The van der Waals surface area contributed by atoms with Gasteiger partial charge in [-0.05, 0) is 11.5 Å². The maximum atomic E-state index is 3.60. The number of hydrogen-bond acceptors (Lipinski definition) is 1. The molecule has 1 heteroatoms. The van der Waals surface area contributed by atoms with Crippen LogP contribution in [0.2, 0.25) is 0 Å². The Labute approximate surface area is 87.5 Å². The van der Waals surface area contributed by atoms with E-state index in [4.69, 9.17) is 0 Å². The third-order valence-corrected chi connectivity index (χ3v) is 2.34. The minimum absolute atomic E-state index is 0.469. The van der Waals surface area contributed by atoms with Crippen LogP contribution in [0.1, 0.15) is 39.3 Å². The molecule has 1 N–H and O–H groups in total. The van der Waals surface area contributed by atoms with Crippen molar-refractivity contribution in [3.05, 3.63) is 35.9 Å². The fourth-order valence-corrected chi connectivity index (χ4v) is 1.69. The van der Waals surface area contributed by atoms with E-state index in [1.807, 2.05) is 0 Å². The molecule has 14 heavy (non-hydrogen) atoms. The van der Waals surface area contributed by atoms with E-state index >= 15 is 0 Å². The Morgan fingerprint density at radius 1 is 0.929 bits per heavy atom. The molecule has 0 aromatic heterocycles. The Hall–Kier alpha value is -0.820. The minimum atomic E-state index is 0.469. The van der Waals surface area contributed by atoms with E-state index in [0.29, 0.717) is 18.0 Å². The summed E-state index contributed by atoms with van der Waals surface area (Å²) in [7, 11) is 0. The van der Waals surface area contributed by atoms with Crippen LogP contribution in [0.25, 0.3) is 0 Å².